The summed E-state index contributed by atoms with van der Waals surface area (Å²) in [6.07, 6.45) is 8.93. The Morgan fingerprint density at radius 2 is 1.80 bits per heavy atom. The molecule has 0 saturated heterocycles. The van der Waals surface area contributed by atoms with Crippen LogP contribution in [0.3, 0.4) is 0 Å². The van der Waals surface area contributed by atoms with Gasteiger partial charge in [0.1, 0.15) is 11.6 Å². The Bertz CT molecular complexity index is 880. The zero-order valence-corrected chi connectivity index (χ0v) is 18.6. The normalized spacial score (nSPS) is 21.2. The first-order valence-electron chi connectivity index (χ1n) is 11.0. The molecule has 1 fully saturated rings. The van der Waals surface area contributed by atoms with Gasteiger partial charge >= 0.3 is 0 Å². The van der Waals surface area contributed by atoms with Crippen LogP contribution in [0.5, 0.6) is 0 Å². The first-order chi connectivity index (χ1) is 14.5. The van der Waals surface area contributed by atoms with Crippen LogP contribution in [-0.4, -0.2) is 36.1 Å². The van der Waals surface area contributed by atoms with Gasteiger partial charge in [0.15, 0.2) is 0 Å². The number of nitrogens with one attached hydrogen (secondary N) is 2. The van der Waals surface area contributed by atoms with Gasteiger partial charge in [0.2, 0.25) is 5.95 Å². The fourth-order valence-electron chi connectivity index (χ4n) is 4.54. The molecule has 0 amide bonds. The van der Waals surface area contributed by atoms with Crippen LogP contribution in [0.15, 0.2) is 18.2 Å². The van der Waals surface area contributed by atoms with Crippen molar-refractivity contribution in [1.29, 1.82) is 0 Å². The molecule has 0 bridgehead atoms. The Hall–Kier alpha value is -1.92. The predicted octanol–water partition coefficient (Wildman–Crippen LogP) is 4.73. The van der Waals surface area contributed by atoms with Crippen LogP contribution in [0.4, 0.5) is 16.2 Å². The predicted molar refractivity (Wildman–Crippen MR) is 121 cm³/mol. The first kappa shape index (κ1) is 21.3. The van der Waals surface area contributed by atoms with Gasteiger partial charge in [-0.3, -0.25) is 0 Å². The number of nitrogens with zero attached hydrogens (tertiary/aromatic N) is 3. The van der Waals surface area contributed by atoms with Crippen molar-refractivity contribution in [3.63, 3.8) is 0 Å². The molecule has 5 nitrogen and oxygen atoms in total. The summed E-state index contributed by atoms with van der Waals surface area (Å²) in [6, 6.07) is 5.79. The maximum absolute atomic E-state index is 13.3. The Balaban J connectivity index is 1.31. The van der Waals surface area contributed by atoms with Crippen molar-refractivity contribution in [1.82, 2.24) is 15.3 Å². The summed E-state index contributed by atoms with van der Waals surface area (Å²) in [5, 5.41) is 7.37. The van der Waals surface area contributed by atoms with Gasteiger partial charge in [-0.1, -0.05) is 17.7 Å². The van der Waals surface area contributed by atoms with Crippen molar-refractivity contribution in [2.24, 2.45) is 0 Å². The molecule has 1 aromatic carbocycles. The number of hydrogen-bond acceptors (Lipinski definition) is 5. The van der Waals surface area contributed by atoms with E-state index in [0.29, 0.717) is 18.6 Å². The average Bonchev–Trinajstić information content (AvgIpc) is 2.75. The van der Waals surface area contributed by atoms with Crippen molar-refractivity contribution in [2.75, 3.05) is 24.3 Å². The zero-order valence-electron chi connectivity index (χ0n) is 17.8. The van der Waals surface area contributed by atoms with E-state index in [-0.39, 0.29) is 10.8 Å². The maximum Gasteiger partial charge on any atom is 0.225 e. The zero-order chi connectivity index (χ0) is 21.1. The highest BCUT2D eigenvalue weighted by Gasteiger charge is 2.24. The Morgan fingerprint density at radius 3 is 2.53 bits per heavy atom. The highest BCUT2D eigenvalue weighted by Crippen LogP contribution is 2.29. The van der Waals surface area contributed by atoms with E-state index < -0.39 is 0 Å². The largest absolute Gasteiger partial charge is 0.362 e. The molecule has 1 heterocycles. The van der Waals surface area contributed by atoms with Crippen molar-refractivity contribution in [2.45, 2.75) is 70.0 Å². The second-order valence-electron chi connectivity index (χ2n) is 8.72. The Kier molecular flexibility index (Phi) is 6.74. The Labute approximate surface area is 183 Å². The van der Waals surface area contributed by atoms with Gasteiger partial charge in [-0.05, 0) is 69.1 Å². The topological polar surface area (TPSA) is 53.1 Å². The number of halogens is 2. The molecule has 1 aromatic heterocycles. The van der Waals surface area contributed by atoms with E-state index in [2.05, 4.69) is 29.6 Å². The summed E-state index contributed by atoms with van der Waals surface area (Å²) in [7, 11) is 4.12. The molecule has 0 spiro atoms. The number of rotatable bonds is 6. The lowest BCUT2D eigenvalue weighted by Gasteiger charge is -2.30. The van der Waals surface area contributed by atoms with Gasteiger partial charge in [-0.25, -0.2) is 9.37 Å². The number of aromatic nitrogens is 2. The second-order valence-corrected chi connectivity index (χ2v) is 9.13. The molecule has 30 heavy (non-hydrogen) atoms. The van der Waals surface area contributed by atoms with Crippen LogP contribution in [-0.2, 0) is 19.4 Å². The monoisotopic (exact) mass is 431 g/mol. The summed E-state index contributed by atoms with van der Waals surface area (Å²) < 4.78 is 13.3. The lowest BCUT2D eigenvalue weighted by molar-refractivity contribution is 0.352. The molecule has 0 aliphatic heterocycles. The van der Waals surface area contributed by atoms with Crippen LogP contribution in [0.2, 0.25) is 5.02 Å². The number of fused-ring (bicyclic) bond motifs is 1. The van der Waals surface area contributed by atoms with Gasteiger partial charge in [0.25, 0.3) is 0 Å². The van der Waals surface area contributed by atoms with Crippen LogP contribution in [0.1, 0.15) is 55.3 Å². The van der Waals surface area contributed by atoms with Crippen molar-refractivity contribution in [3.05, 3.63) is 45.9 Å². The molecule has 1 saturated carbocycles. The number of aryl methyl sites for hydroxylation is 1. The molecule has 0 atom stereocenters. The third-order valence-electron chi connectivity index (χ3n) is 6.22. The summed E-state index contributed by atoms with van der Waals surface area (Å²) in [6.45, 7) is 0.711. The van der Waals surface area contributed by atoms with Gasteiger partial charge in [0, 0.05) is 38.3 Å². The van der Waals surface area contributed by atoms with Gasteiger partial charge in [-0.15, -0.1) is 0 Å². The maximum atomic E-state index is 13.3. The van der Waals surface area contributed by atoms with Crippen molar-refractivity contribution >= 4 is 23.4 Å². The fourth-order valence-corrected chi connectivity index (χ4v) is 4.75. The molecule has 2 aromatic rings. The van der Waals surface area contributed by atoms with Gasteiger partial charge in [0.05, 0.1) is 10.7 Å². The minimum absolute atomic E-state index is 0.185. The molecule has 0 unspecified atom stereocenters. The third-order valence-corrected chi connectivity index (χ3v) is 6.51. The van der Waals surface area contributed by atoms with Crippen LogP contribution >= 0.6 is 11.6 Å². The molecular formula is C23H31ClFN5. The summed E-state index contributed by atoms with van der Waals surface area (Å²) >= 11 is 5.88. The third kappa shape index (κ3) is 5.03. The molecular weight excluding hydrogens is 401 g/mol. The minimum Gasteiger partial charge on any atom is -0.362 e. The summed E-state index contributed by atoms with van der Waals surface area (Å²) in [4.78, 5) is 11.8. The molecule has 0 radical (unpaired) electrons. The van der Waals surface area contributed by atoms with Crippen molar-refractivity contribution in [3.8, 4) is 0 Å². The Morgan fingerprint density at radius 1 is 1.07 bits per heavy atom. The van der Waals surface area contributed by atoms with E-state index in [1.54, 1.807) is 12.1 Å². The van der Waals surface area contributed by atoms with E-state index in [1.807, 2.05) is 0 Å². The smallest absolute Gasteiger partial charge is 0.225 e. The summed E-state index contributed by atoms with van der Waals surface area (Å²) in [5.41, 5.74) is 3.56. The quantitative estimate of drug-likeness (QED) is 0.692. The van der Waals surface area contributed by atoms with E-state index in [4.69, 9.17) is 21.6 Å². The number of benzene rings is 1. The van der Waals surface area contributed by atoms with Crippen LogP contribution in [0.25, 0.3) is 0 Å². The highest BCUT2D eigenvalue weighted by atomic mass is 35.5. The van der Waals surface area contributed by atoms with Gasteiger partial charge in [-0.2, -0.15) is 4.98 Å². The lowest BCUT2D eigenvalue weighted by Crippen LogP contribution is -2.37. The number of hydrogen-bond donors (Lipinski definition) is 2. The van der Waals surface area contributed by atoms with Crippen LogP contribution in [0, 0.1) is 5.82 Å². The summed E-state index contributed by atoms with van der Waals surface area (Å²) in [5.74, 6) is 1.47. The molecule has 7 heteroatoms. The highest BCUT2D eigenvalue weighted by molar-refractivity contribution is 6.30. The van der Waals surface area contributed by atoms with E-state index >= 15 is 0 Å². The molecule has 2 aliphatic rings. The van der Waals surface area contributed by atoms with Crippen molar-refractivity contribution < 1.29 is 4.39 Å². The van der Waals surface area contributed by atoms with E-state index in [0.717, 1.165) is 55.9 Å². The molecule has 2 aliphatic carbocycles. The standard InChI is InChI=1S/C23H31ClFN5/c1-30(2)22-18-5-3-4-6-21(18)28-23(29-22)27-17-10-8-16(9-11-17)26-14-15-7-12-20(25)19(24)13-15/h7,12-13,16-17,26H,3-6,8-11,14H2,1-2H3,(H,27,28,29)/t16-,17+. The SMILES string of the molecule is CN(C)c1nc(N[C@H]2CC[C@@H](NCc3ccc(F)c(Cl)c3)CC2)nc2c1CCCC2. The van der Waals surface area contributed by atoms with Gasteiger partial charge < -0.3 is 15.5 Å². The molecule has 2 N–H and O–H groups in total. The molecule has 4 rings (SSSR count). The second kappa shape index (κ2) is 9.48. The first-order valence-corrected chi connectivity index (χ1v) is 11.4. The molecule has 162 valence electrons. The minimum atomic E-state index is -0.367. The lowest BCUT2D eigenvalue weighted by atomic mass is 9.91. The number of anilines is 2. The van der Waals surface area contributed by atoms with E-state index in [1.165, 1.54) is 30.2 Å². The fraction of sp³-hybridized carbons (Fsp3) is 0.565. The van der Waals surface area contributed by atoms with E-state index in [9.17, 15) is 4.39 Å². The van der Waals surface area contributed by atoms with Crippen LogP contribution < -0.4 is 15.5 Å². The average molecular weight is 432 g/mol.